The summed E-state index contributed by atoms with van der Waals surface area (Å²) < 4.78 is 41.8. The fourth-order valence-electron chi connectivity index (χ4n) is 3.01. The van der Waals surface area contributed by atoms with Crippen LogP contribution in [0.2, 0.25) is 0 Å². The van der Waals surface area contributed by atoms with E-state index in [1.54, 1.807) is 18.2 Å². The number of esters is 1. The number of amides is 1. The Morgan fingerprint density at radius 1 is 1.20 bits per heavy atom. The summed E-state index contributed by atoms with van der Waals surface area (Å²) in [5.41, 5.74) is 0.564. The minimum atomic E-state index is -3.63. The molecule has 1 amide bonds. The van der Waals surface area contributed by atoms with Gasteiger partial charge in [0.15, 0.2) is 26.1 Å². The molecule has 0 aliphatic carbocycles. The number of hydrogen-bond acceptors (Lipinski definition) is 8. The predicted octanol–water partition coefficient (Wildman–Crippen LogP) is 1.75. The van der Waals surface area contributed by atoms with Crippen LogP contribution in [0.1, 0.15) is 10.4 Å². The molecule has 0 radical (unpaired) electrons. The maximum absolute atomic E-state index is 12.9. The average Bonchev–Trinajstić information content (AvgIpc) is 3.29. The van der Waals surface area contributed by atoms with Gasteiger partial charge in [0.1, 0.15) is 6.54 Å². The summed E-state index contributed by atoms with van der Waals surface area (Å²) in [6.07, 6.45) is 1.03. The number of aromatic nitrogens is 1. The molecule has 1 aliphatic heterocycles. The second-order valence-electron chi connectivity index (χ2n) is 6.41. The summed E-state index contributed by atoms with van der Waals surface area (Å²) in [6.45, 7) is -0.0857. The molecular weight excluding hydrogens is 432 g/mol. The van der Waals surface area contributed by atoms with E-state index in [9.17, 15) is 18.0 Å². The van der Waals surface area contributed by atoms with Gasteiger partial charge in [0.05, 0.1) is 27.8 Å². The minimum Gasteiger partial charge on any atom is -0.468 e. The summed E-state index contributed by atoms with van der Waals surface area (Å²) in [6, 6.07) is 9.28. The molecule has 30 heavy (non-hydrogen) atoms. The van der Waals surface area contributed by atoms with Gasteiger partial charge in [-0.15, -0.1) is 0 Å². The van der Waals surface area contributed by atoms with Gasteiger partial charge in [-0.05, 0) is 12.1 Å². The van der Waals surface area contributed by atoms with Gasteiger partial charge in [-0.2, -0.15) is 4.99 Å². The zero-order valence-corrected chi connectivity index (χ0v) is 17.6. The number of methoxy groups -OCH3 is 1. The highest BCUT2D eigenvalue weighted by molar-refractivity contribution is 7.90. The Morgan fingerprint density at radius 2 is 1.90 bits per heavy atom. The molecule has 3 aromatic rings. The highest BCUT2D eigenvalue weighted by Gasteiger charge is 2.21. The van der Waals surface area contributed by atoms with E-state index in [1.165, 1.54) is 29.9 Å². The fourth-order valence-corrected chi connectivity index (χ4v) is 4.92. The molecule has 0 saturated heterocycles. The molecule has 2 aromatic carbocycles. The Bertz CT molecular complexity index is 1350. The SMILES string of the molecule is COC(=O)Cn1c(=NC(=O)c2ccccc2S(C)(=O)=O)sc2cc3c(cc21)OCO3. The minimum absolute atomic E-state index is 0.0452. The fraction of sp³-hybridized carbons (Fsp3) is 0.211. The largest absolute Gasteiger partial charge is 0.468 e. The molecule has 1 aliphatic rings. The van der Waals surface area contributed by atoms with Gasteiger partial charge in [0, 0.05) is 18.4 Å². The van der Waals surface area contributed by atoms with Gasteiger partial charge in [-0.3, -0.25) is 9.59 Å². The first kappa shape index (κ1) is 20.1. The zero-order chi connectivity index (χ0) is 21.5. The van der Waals surface area contributed by atoms with Gasteiger partial charge in [-0.25, -0.2) is 8.42 Å². The third-order valence-corrected chi connectivity index (χ3v) is 6.60. The number of sulfone groups is 1. The van der Waals surface area contributed by atoms with Crippen LogP contribution in [-0.2, 0) is 25.9 Å². The second kappa shape index (κ2) is 7.58. The van der Waals surface area contributed by atoms with Crippen molar-refractivity contribution in [2.45, 2.75) is 11.4 Å². The third kappa shape index (κ3) is 3.68. The van der Waals surface area contributed by atoms with Crippen molar-refractivity contribution in [1.82, 2.24) is 4.57 Å². The van der Waals surface area contributed by atoms with E-state index in [-0.39, 0.29) is 28.6 Å². The summed E-state index contributed by atoms with van der Waals surface area (Å²) in [7, 11) is -2.37. The van der Waals surface area contributed by atoms with Crippen molar-refractivity contribution in [2.24, 2.45) is 4.99 Å². The van der Waals surface area contributed by atoms with Crippen LogP contribution in [0.3, 0.4) is 0 Å². The topological polar surface area (TPSA) is 113 Å². The van der Waals surface area contributed by atoms with Crippen LogP contribution in [0.5, 0.6) is 11.5 Å². The first-order valence-corrected chi connectivity index (χ1v) is 11.4. The van der Waals surface area contributed by atoms with Gasteiger partial charge >= 0.3 is 5.97 Å². The van der Waals surface area contributed by atoms with Crippen LogP contribution in [0.4, 0.5) is 0 Å². The van der Waals surface area contributed by atoms with Crippen LogP contribution in [0.25, 0.3) is 10.2 Å². The number of rotatable bonds is 4. The van der Waals surface area contributed by atoms with Crippen LogP contribution in [0.15, 0.2) is 46.3 Å². The van der Waals surface area contributed by atoms with E-state index in [4.69, 9.17) is 14.2 Å². The lowest BCUT2D eigenvalue weighted by molar-refractivity contribution is -0.141. The highest BCUT2D eigenvalue weighted by Crippen LogP contribution is 2.37. The molecule has 0 bridgehead atoms. The normalized spacial score (nSPS) is 13.6. The zero-order valence-electron chi connectivity index (χ0n) is 15.9. The van der Waals surface area contributed by atoms with E-state index in [1.807, 2.05) is 0 Å². The van der Waals surface area contributed by atoms with Crippen molar-refractivity contribution < 1.29 is 32.2 Å². The molecule has 0 spiro atoms. The first-order chi connectivity index (χ1) is 14.3. The van der Waals surface area contributed by atoms with Gasteiger partial charge in [0.2, 0.25) is 6.79 Å². The van der Waals surface area contributed by atoms with Crippen LogP contribution in [-0.4, -0.2) is 45.0 Å². The monoisotopic (exact) mass is 448 g/mol. The van der Waals surface area contributed by atoms with Crippen molar-refractivity contribution >= 4 is 43.3 Å². The molecule has 0 unspecified atom stereocenters. The number of ether oxygens (including phenoxy) is 3. The molecular formula is C19H16N2O7S2. The molecule has 156 valence electrons. The molecule has 0 saturated carbocycles. The lowest BCUT2D eigenvalue weighted by Gasteiger charge is -2.05. The van der Waals surface area contributed by atoms with Crippen molar-refractivity contribution in [2.75, 3.05) is 20.2 Å². The van der Waals surface area contributed by atoms with Gasteiger partial charge in [-0.1, -0.05) is 23.5 Å². The Morgan fingerprint density at radius 3 is 2.60 bits per heavy atom. The van der Waals surface area contributed by atoms with Crippen LogP contribution >= 0.6 is 11.3 Å². The predicted molar refractivity (Wildman–Crippen MR) is 107 cm³/mol. The van der Waals surface area contributed by atoms with E-state index in [0.717, 1.165) is 17.6 Å². The molecule has 0 fully saturated rings. The Hall–Kier alpha value is -3.18. The Labute approximate surface area is 175 Å². The van der Waals surface area contributed by atoms with E-state index in [0.29, 0.717) is 21.7 Å². The number of carbonyl (C=O) groups is 2. The Balaban J connectivity index is 1.90. The summed E-state index contributed by atoms with van der Waals surface area (Å²) >= 11 is 1.16. The number of nitrogens with zero attached hydrogens (tertiary/aromatic N) is 2. The molecule has 0 atom stereocenters. The van der Waals surface area contributed by atoms with Crippen molar-refractivity contribution in [3.8, 4) is 11.5 Å². The maximum Gasteiger partial charge on any atom is 0.325 e. The number of benzene rings is 2. The van der Waals surface area contributed by atoms with Crippen molar-refractivity contribution in [1.29, 1.82) is 0 Å². The lowest BCUT2D eigenvalue weighted by Crippen LogP contribution is -2.22. The van der Waals surface area contributed by atoms with E-state index >= 15 is 0 Å². The lowest BCUT2D eigenvalue weighted by atomic mass is 10.2. The van der Waals surface area contributed by atoms with Crippen LogP contribution in [0, 0.1) is 0 Å². The summed E-state index contributed by atoms with van der Waals surface area (Å²) in [5, 5.41) is 0. The number of fused-ring (bicyclic) bond motifs is 2. The Kier molecular flexibility index (Phi) is 5.08. The number of carbonyl (C=O) groups excluding carboxylic acids is 2. The third-order valence-electron chi connectivity index (χ3n) is 4.41. The molecule has 1 aromatic heterocycles. The highest BCUT2D eigenvalue weighted by atomic mass is 32.2. The molecule has 0 N–H and O–H groups in total. The number of hydrogen-bond donors (Lipinski definition) is 0. The molecule has 4 rings (SSSR count). The summed E-state index contributed by atoms with van der Waals surface area (Å²) in [4.78, 5) is 29.0. The maximum atomic E-state index is 12.9. The smallest absolute Gasteiger partial charge is 0.325 e. The van der Waals surface area contributed by atoms with E-state index < -0.39 is 21.7 Å². The van der Waals surface area contributed by atoms with E-state index in [2.05, 4.69) is 4.99 Å². The molecule has 9 nitrogen and oxygen atoms in total. The molecule has 2 heterocycles. The van der Waals surface area contributed by atoms with Crippen molar-refractivity contribution in [3.63, 3.8) is 0 Å². The van der Waals surface area contributed by atoms with Gasteiger partial charge in [0.25, 0.3) is 5.91 Å². The van der Waals surface area contributed by atoms with Gasteiger partial charge < -0.3 is 18.8 Å². The standard InChI is InChI=1S/C19H16N2O7S2/c1-26-17(22)9-21-12-7-13-14(28-10-27-13)8-15(12)29-19(21)20-18(23)11-5-3-4-6-16(11)30(2,24)25/h3-8H,9-10H2,1-2H3. The summed E-state index contributed by atoms with van der Waals surface area (Å²) in [5.74, 6) is -0.201. The average molecular weight is 448 g/mol. The van der Waals surface area contributed by atoms with Crippen LogP contribution < -0.4 is 14.3 Å². The molecule has 11 heteroatoms. The quantitative estimate of drug-likeness (QED) is 0.559. The second-order valence-corrected chi connectivity index (χ2v) is 9.40. The number of thiazole rings is 1. The van der Waals surface area contributed by atoms with Crippen molar-refractivity contribution in [3.05, 3.63) is 46.8 Å². The first-order valence-electron chi connectivity index (χ1n) is 8.66.